The van der Waals surface area contributed by atoms with Crippen molar-refractivity contribution in [2.24, 2.45) is 0 Å². The van der Waals surface area contributed by atoms with Gasteiger partial charge in [-0.15, -0.1) is 0 Å². The van der Waals surface area contributed by atoms with Crippen molar-refractivity contribution in [2.75, 3.05) is 26.8 Å². The molecule has 0 saturated heterocycles. The molecule has 0 aliphatic carbocycles. The third kappa shape index (κ3) is 22.9. The van der Waals surface area contributed by atoms with Crippen LogP contribution in [0.15, 0.2) is 0 Å². The first-order valence-corrected chi connectivity index (χ1v) is 13.0. The lowest BCUT2D eigenvalue weighted by Crippen LogP contribution is -2.46. The molecule has 7 N–H and O–H groups in total. The molecule has 0 spiro atoms. The van der Waals surface area contributed by atoms with Crippen molar-refractivity contribution in [3.8, 4) is 0 Å². The second-order valence-electron chi connectivity index (χ2n) is 8.89. The Hall–Kier alpha value is -0.280. The van der Waals surface area contributed by atoms with E-state index in [4.69, 9.17) is 30.6 Å². The monoisotopic (exact) mass is 465 g/mol. The van der Waals surface area contributed by atoms with Gasteiger partial charge in [0, 0.05) is 0 Å². The zero-order valence-corrected chi connectivity index (χ0v) is 20.9. The molecule has 0 saturated carbocycles. The fraction of sp³-hybridized carbons (Fsp3) is 1.00. The molecule has 0 aliphatic heterocycles. The molecule has 0 bridgehead atoms. The Morgan fingerprint density at radius 2 is 0.781 bits per heavy atom. The molecule has 0 aromatic carbocycles. The molecule has 0 heterocycles. The van der Waals surface area contributed by atoms with Crippen LogP contribution in [0.4, 0.5) is 0 Å². The Labute approximate surface area is 197 Å². The first kappa shape index (κ1) is 33.9. The third-order valence-corrected chi connectivity index (χ3v) is 5.79. The number of unbranched alkanes of at least 4 members (excludes halogenated alkanes) is 15. The molecule has 0 unspecified atom stereocenters. The molecule has 0 aromatic heterocycles. The van der Waals surface area contributed by atoms with Crippen LogP contribution in [-0.2, 0) is 0 Å². The molecule has 7 heteroatoms. The van der Waals surface area contributed by atoms with E-state index in [9.17, 15) is 0 Å². The molecule has 0 aliphatic rings. The average molecular weight is 466 g/mol. The number of aliphatic hydroxyl groups is 6. The highest BCUT2D eigenvalue weighted by atomic mass is 16.4. The molecule has 0 rings (SSSR count). The first-order chi connectivity index (χ1) is 15.5. The summed E-state index contributed by atoms with van der Waals surface area (Å²) in [6.45, 7) is 2.04. The van der Waals surface area contributed by atoms with Crippen molar-refractivity contribution in [3.05, 3.63) is 0 Å². The Morgan fingerprint density at radius 3 is 1.03 bits per heavy atom. The highest BCUT2D eigenvalue weighted by Crippen LogP contribution is 2.13. The molecule has 7 nitrogen and oxygen atoms in total. The van der Waals surface area contributed by atoms with Gasteiger partial charge in [-0.2, -0.15) is 0 Å². The smallest absolute Gasteiger partial charge is 0.111 e. The summed E-state index contributed by atoms with van der Waals surface area (Å²) in [5.41, 5.74) is 0. The molecule has 0 radical (unpaired) electrons. The van der Waals surface area contributed by atoms with Gasteiger partial charge in [0.15, 0.2) is 0 Å². The Kier molecular flexibility index (Phi) is 28.6. The van der Waals surface area contributed by atoms with Gasteiger partial charge in [-0.1, -0.05) is 103 Å². The van der Waals surface area contributed by atoms with E-state index in [1.54, 1.807) is 0 Å². The number of rotatable bonds is 22. The van der Waals surface area contributed by atoms with Crippen molar-refractivity contribution >= 4 is 0 Å². The Bertz CT molecular complexity index is 316. The molecule has 4 atom stereocenters. The lowest BCUT2D eigenvalue weighted by atomic mass is 10.0. The van der Waals surface area contributed by atoms with Crippen LogP contribution >= 0.6 is 0 Å². The van der Waals surface area contributed by atoms with Crippen molar-refractivity contribution < 1.29 is 30.6 Å². The largest absolute Gasteiger partial charge is 0.394 e. The summed E-state index contributed by atoms with van der Waals surface area (Å²) < 4.78 is 0. The number of hydrogen-bond donors (Lipinski definition) is 7. The summed E-state index contributed by atoms with van der Waals surface area (Å²) in [5.74, 6) is 0. The molecule has 196 valence electrons. The minimum Gasteiger partial charge on any atom is -0.394 e. The average Bonchev–Trinajstić information content (AvgIpc) is 2.82. The summed E-state index contributed by atoms with van der Waals surface area (Å²) in [6.07, 6.45) is 16.9. The van der Waals surface area contributed by atoms with Crippen LogP contribution in [0.1, 0.15) is 110 Å². The van der Waals surface area contributed by atoms with Crippen LogP contribution < -0.4 is 5.32 Å². The highest BCUT2D eigenvalue weighted by Gasteiger charge is 2.29. The summed E-state index contributed by atoms with van der Waals surface area (Å²) in [5, 5.41) is 55.4. The van der Waals surface area contributed by atoms with E-state index in [-0.39, 0.29) is 0 Å². The topological polar surface area (TPSA) is 133 Å². The maximum atomic E-state index is 8.96. The summed E-state index contributed by atoms with van der Waals surface area (Å²) in [6, 6.07) is 0. The van der Waals surface area contributed by atoms with Crippen LogP contribution in [-0.4, -0.2) is 81.9 Å². The van der Waals surface area contributed by atoms with Gasteiger partial charge in [0.05, 0.1) is 13.2 Å². The van der Waals surface area contributed by atoms with Crippen LogP contribution in [0.5, 0.6) is 0 Å². The van der Waals surface area contributed by atoms with Crippen LogP contribution in [0.25, 0.3) is 0 Å². The van der Waals surface area contributed by atoms with E-state index in [1.807, 2.05) is 7.05 Å². The second-order valence-corrected chi connectivity index (χ2v) is 8.89. The van der Waals surface area contributed by atoms with E-state index in [0.717, 1.165) is 0 Å². The molecular weight excluding hydrogens is 410 g/mol. The fourth-order valence-electron chi connectivity index (χ4n) is 3.52. The Morgan fingerprint density at radius 1 is 0.500 bits per heavy atom. The number of hydrogen-bond acceptors (Lipinski definition) is 7. The van der Waals surface area contributed by atoms with E-state index in [0.29, 0.717) is 0 Å². The molecule has 0 amide bonds. The van der Waals surface area contributed by atoms with Crippen molar-refractivity contribution in [1.82, 2.24) is 5.32 Å². The van der Waals surface area contributed by atoms with Gasteiger partial charge >= 0.3 is 0 Å². The molecule has 0 aromatic rings. The quantitative estimate of drug-likeness (QED) is 0.122. The fourth-order valence-corrected chi connectivity index (χ4v) is 3.52. The standard InChI is InChI=1S/C19H41N.C6H14O6/c1-3-4-5-6-7-8-9-10-11-12-13-14-15-16-17-18-19-20-2;7-1-3(9)5(11)6(12)4(10)2-8/h20H,3-19H2,1-2H3;3-12H,1-2H2/t;3-,4+,5-,6-/m.1/s1. The zero-order valence-electron chi connectivity index (χ0n) is 20.9. The van der Waals surface area contributed by atoms with Gasteiger partial charge in [-0.05, 0) is 20.0 Å². The number of nitrogens with one attached hydrogen (secondary N) is 1. The maximum absolute atomic E-state index is 8.96. The minimum absolute atomic E-state index is 0.726. The van der Waals surface area contributed by atoms with Crippen LogP contribution in [0.2, 0.25) is 0 Å². The SMILES string of the molecule is CCCCCCCCCCCCCCCCCCNC.OC[C@@H](O)[C@@H](O)[C@H](O)[C@@H](O)CO. The lowest BCUT2D eigenvalue weighted by molar-refractivity contribution is -0.123. The molecule has 32 heavy (non-hydrogen) atoms. The zero-order chi connectivity index (χ0) is 24.5. The third-order valence-electron chi connectivity index (χ3n) is 5.79. The van der Waals surface area contributed by atoms with Gasteiger partial charge in [0.1, 0.15) is 24.4 Å². The summed E-state index contributed by atoms with van der Waals surface area (Å²) >= 11 is 0. The van der Waals surface area contributed by atoms with Gasteiger partial charge in [-0.25, -0.2) is 0 Å². The summed E-state index contributed by atoms with van der Waals surface area (Å²) in [4.78, 5) is 0. The first-order valence-electron chi connectivity index (χ1n) is 13.0. The normalized spacial score (nSPS) is 15.0. The van der Waals surface area contributed by atoms with E-state index >= 15 is 0 Å². The van der Waals surface area contributed by atoms with E-state index in [1.165, 1.54) is 109 Å². The predicted octanol–water partition coefficient (Wildman–Crippen LogP) is 2.88. The lowest BCUT2D eigenvalue weighted by Gasteiger charge is -2.24. The summed E-state index contributed by atoms with van der Waals surface area (Å²) in [7, 11) is 2.05. The maximum Gasteiger partial charge on any atom is 0.111 e. The van der Waals surface area contributed by atoms with Crippen molar-refractivity contribution in [1.29, 1.82) is 0 Å². The van der Waals surface area contributed by atoms with Crippen molar-refractivity contribution in [2.45, 2.75) is 134 Å². The van der Waals surface area contributed by atoms with E-state index < -0.39 is 37.6 Å². The van der Waals surface area contributed by atoms with Crippen LogP contribution in [0, 0.1) is 0 Å². The molecular formula is C25H55NO6. The Balaban J connectivity index is 0. The van der Waals surface area contributed by atoms with Gasteiger partial charge < -0.3 is 36.0 Å². The van der Waals surface area contributed by atoms with Gasteiger partial charge in [0.2, 0.25) is 0 Å². The van der Waals surface area contributed by atoms with Crippen LogP contribution in [0.3, 0.4) is 0 Å². The van der Waals surface area contributed by atoms with Gasteiger partial charge in [0.25, 0.3) is 0 Å². The predicted molar refractivity (Wildman–Crippen MR) is 132 cm³/mol. The second kappa shape index (κ2) is 27.0. The molecule has 0 fully saturated rings. The van der Waals surface area contributed by atoms with E-state index in [2.05, 4.69) is 12.2 Å². The highest BCUT2D eigenvalue weighted by molar-refractivity contribution is 4.79. The van der Waals surface area contributed by atoms with Crippen molar-refractivity contribution in [3.63, 3.8) is 0 Å². The minimum atomic E-state index is -1.67. The number of aliphatic hydroxyl groups excluding tert-OH is 6. The van der Waals surface area contributed by atoms with Gasteiger partial charge in [-0.3, -0.25) is 0 Å².